The molecule has 0 aliphatic carbocycles. The lowest BCUT2D eigenvalue weighted by molar-refractivity contribution is 0.734. The van der Waals surface area contributed by atoms with Crippen LogP contribution in [0.2, 0.25) is 0 Å². The fraction of sp³-hybridized carbons (Fsp3) is 0.133. The lowest BCUT2D eigenvalue weighted by Gasteiger charge is -2.06. The Morgan fingerprint density at radius 1 is 0.500 bits per heavy atom. The minimum atomic E-state index is 0.980. The molecule has 4 heterocycles. The summed E-state index contributed by atoms with van der Waals surface area (Å²) in [5.74, 6) is 0. The van der Waals surface area contributed by atoms with Gasteiger partial charge in [-0.15, -0.1) is 0 Å². The number of hydrogen-bond donors (Lipinski definition) is 0. The number of hydrogen-bond acceptors (Lipinski definition) is 2. The highest BCUT2D eigenvalue weighted by molar-refractivity contribution is 5.64. The van der Waals surface area contributed by atoms with Crippen LogP contribution in [0, 0.1) is 0 Å². The fourth-order valence-electron chi connectivity index (χ4n) is 4.63. The number of fused-ring (bicyclic) bond motifs is 2. The molecule has 0 unspecified atom stereocenters. The maximum Gasteiger partial charge on any atom is 0.137 e. The van der Waals surface area contributed by atoms with E-state index in [1.165, 1.54) is 35.1 Å². The molecule has 0 radical (unpaired) electrons. The predicted molar refractivity (Wildman–Crippen MR) is 138 cm³/mol. The summed E-state index contributed by atoms with van der Waals surface area (Å²) in [5.41, 5.74) is 9.41. The van der Waals surface area contributed by atoms with Crippen LogP contribution in [0.4, 0.5) is 0 Å². The normalized spacial score (nSPS) is 11.4. The Bertz CT molecular complexity index is 1420. The molecule has 0 atom stereocenters. The highest BCUT2D eigenvalue weighted by Crippen LogP contribution is 2.23. The SMILES string of the molecule is c1ccn2c(-c3ccc(CCCCc4ccc(-c5cnc6ccccn56)cc4)cc3)cnc2c1. The average Bonchev–Trinajstić information content (AvgIpc) is 3.52. The van der Waals surface area contributed by atoms with Crippen LogP contribution in [-0.2, 0) is 12.8 Å². The summed E-state index contributed by atoms with van der Waals surface area (Å²) < 4.78 is 4.27. The van der Waals surface area contributed by atoms with E-state index in [4.69, 9.17) is 0 Å². The lowest BCUT2D eigenvalue weighted by Crippen LogP contribution is -1.91. The van der Waals surface area contributed by atoms with Crippen molar-refractivity contribution in [2.45, 2.75) is 25.7 Å². The second-order valence-corrected chi connectivity index (χ2v) is 8.75. The number of benzene rings is 2. The van der Waals surface area contributed by atoms with E-state index in [1.54, 1.807) is 0 Å². The zero-order valence-corrected chi connectivity index (χ0v) is 19.0. The van der Waals surface area contributed by atoms with Gasteiger partial charge in [-0.05, 0) is 61.1 Å². The topological polar surface area (TPSA) is 34.6 Å². The molecular formula is C30H26N4. The molecule has 0 amide bonds. The van der Waals surface area contributed by atoms with Crippen LogP contribution in [-0.4, -0.2) is 18.8 Å². The predicted octanol–water partition coefficient (Wildman–Crippen LogP) is 6.88. The molecule has 0 saturated heterocycles. The van der Waals surface area contributed by atoms with Gasteiger partial charge in [-0.1, -0.05) is 60.7 Å². The molecule has 0 N–H and O–H groups in total. The molecule has 166 valence electrons. The Morgan fingerprint density at radius 3 is 1.38 bits per heavy atom. The van der Waals surface area contributed by atoms with Crippen molar-refractivity contribution in [2.75, 3.05) is 0 Å². The Hall–Kier alpha value is -4.18. The van der Waals surface area contributed by atoms with Gasteiger partial charge in [0.1, 0.15) is 11.3 Å². The molecule has 6 aromatic rings. The van der Waals surface area contributed by atoms with Crippen molar-refractivity contribution in [3.05, 3.63) is 121 Å². The van der Waals surface area contributed by atoms with E-state index in [0.29, 0.717) is 0 Å². The number of imidazole rings is 2. The van der Waals surface area contributed by atoms with Crippen LogP contribution < -0.4 is 0 Å². The highest BCUT2D eigenvalue weighted by atomic mass is 15.0. The summed E-state index contributed by atoms with van der Waals surface area (Å²) in [4.78, 5) is 9.00. The molecule has 0 spiro atoms. The highest BCUT2D eigenvalue weighted by Gasteiger charge is 2.07. The molecule has 0 fully saturated rings. The third-order valence-corrected chi connectivity index (χ3v) is 6.51. The van der Waals surface area contributed by atoms with Crippen molar-refractivity contribution in [3.63, 3.8) is 0 Å². The smallest absolute Gasteiger partial charge is 0.137 e. The Kier molecular flexibility index (Phi) is 5.40. The summed E-state index contributed by atoms with van der Waals surface area (Å²) in [6.45, 7) is 0. The van der Waals surface area contributed by atoms with Crippen molar-refractivity contribution in [1.29, 1.82) is 0 Å². The number of unbranched alkanes of at least 4 members (excludes halogenated alkanes) is 1. The van der Waals surface area contributed by atoms with Crippen LogP contribution in [0.5, 0.6) is 0 Å². The van der Waals surface area contributed by atoms with Gasteiger partial charge in [0.2, 0.25) is 0 Å². The van der Waals surface area contributed by atoms with E-state index in [9.17, 15) is 0 Å². The third-order valence-electron chi connectivity index (χ3n) is 6.51. The first-order valence-corrected chi connectivity index (χ1v) is 11.9. The number of aryl methyl sites for hydroxylation is 2. The van der Waals surface area contributed by atoms with Gasteiger partial charge in [0.15, 0.2) is 0 Å². The monoisotopic (exact) mass is 442 g/mol. The van der Waals surface area contributed by atoms with Gasteiger partial charge < -0.3 is 0 Å². The number of nitrogens with zero attached hydrogens (tertiary/aromatic N) is 4. The van der Waals surface area contributed by atoms with E-state index < -0.39 is 0 Å². The largest absolute Gasteiger partial charge is 0.300 e. The first-order valence-electron chi connectivity index (χ1n) is 11.9. The summed E-state index contributed by atoms with van der Waals surface area (Å²) in [7, 11) is 0. The van der Waals surface area contributed by atoms with E-state index in [1.807, 2.05) is 48.8 Å². The summed E-state index contributed by atoms with van der Waals surface area (Å²) in [6.07, 6.45) is 12.6. The zero-order chi connectivity index (χ0) is 22.7. The van der Waals surface area contributed by atoms with Gasteiger partial charge in [0.25, 0.3) is 0 Å². The number of aromatic nitrogens is 4. The minimum absolute atomic E-state index is 0.980. The standard InChI is InChI=1S/C30H26N4/c1(7-23-11-15-25(16-12-23)27-21-31-29-9-3-5-19-33(27)29)2-8-24-13-17-26(18-14-24)28-22-32-30-10-4-6-20-34(28)30/h3-6,9-22H,1-2,7-8H2. The molecule has 0 saturated carbocycles. The summed E-state index contributed by atoms with van der Waals surface area (Å²) in [6, 6.07) is 30.0. The van der Waals surface area contributed by atoms with Crippen molar-refractivity contribution in [2.24, 2.45) is 0 Å². The van der Waals surface area contributed by atoms with Crippen molar-refractivity contribution < 1.29 is 0 Å². The third kappa shape index (κ3) is 3.99. The van der Waals surface area contributed by atoms with E-state index in [2.05, 4.69) is 79.7 Å². The molecule has 2 aromatic carbocycles. The maximum atomic E-state index is 4.50. The molecule has 4 aromatic heterocycles. The van der Waals surface area contributed by atoms with Gasteiger partial charge in [0.05, 0.1) is 23.8 Å². The lowest BCUT2D eigenvalue weighted by atomic mass is 10.0. The molecular weight excluding hydrogens is 416 g/mol. The first kappa shape index (κ1) is 20.4. The van der Waals surface area contributed by atoms with Crippen LogP contribution in [0.25, 0.3) is 33.8 Å². The van der Waals surface area contributed by atoms with Crippen molar-refractivity contribution >= 4 is 11.3 Å². The maximum absolute atomic E-state index is 4.50. The van der Waals surface area contributed by atoms with Crippen molar-refractivity contribution in [1.82, 2.24) is 18.8 Å². The molecule has 0 aliphatic rings. The number of pyridine rings is 2. The van der Waals surface area contributed by atoms with E-state index in [-0.39, 0.29) is 0 Å². The molecule has 4 nitrogen and oxygen atoms in total. The zero-order valence-electron chi connectivity index (χ0n) is 19.0. The van der Waals surface area contributed by atoms with Gasteiger partial charge >= 0.3 is 0 Å². The average molecular weight is 443 g/mol. The van der Waals surface area contributed by atoms with Gasteiger partial charge in [-0.25, -0.2) is 9.97 Å². The Labute approximate surface area is 199 Å². The first-order chi connectivity index (χ1) is 16.8. The van der Waals surface area contributed by atoms with Gasteiger partial charge in [-0.3, -0.25) is 8.80 Å². The van der Waals surface area contributed by atoms with E-state index >= 15 is 0 Å². The molecule has 0 bridgehead atoms. The Morgan fingerprint density at radius 2 is 0.941 bits per heavy atom. The molecule has 4 heteroatoms. The molecule has 34 heavy (non-hydrogen) atoms. The molecule has 6 rings (SSSR count). The minimum Gasteiger partial charge on any atom is -0.300 e. The Balaban J connectivity index is 1.04. The fourth-order valence-corrected chi connectivity index (χ4v) is 4.63. The summed E-state index contributed by atoms with van der Waals surface area (Å²) in [5, 5.41) is 0. The van der Waals surface area contributed by atoms with E-state index in [0.717, 1.165) is 35.5 Å². The van der Waals surface area contributed by atoms with Crippen LogP contribution in [0.1, 0.15) is 24.0 Å². The molecule has 0 aliphatic heterocycles. The second-order valence-electron chi connectivity index (χ2n) is 8.75. The van der Waals surface area contributed by atoms with Crippen LogP contribution in [0.3, 0.4) is 0 Å². The van der Waals surface area contributed by atoms with Crippen molar-refractivity contribution in [3.8, 4) is 22.5 Å². The second kappa shape index (κ2) is 8.99. The van der Waals surface area contributed by atoms with Gasteiger partial charge in [0, 0.05) is 23.5 Å². The summed E-state index contributed by atoms with van der Waals surface area (Å²) >= 11 is 0. The quantitative estimate of drug-likeness (QED) is 0.253. The number of rotatable bonds is 7. The van der Waals surface area contributed by atoms with Gasteiger partial charge in [-0.2, -0.15) is 0 Å². The van der Waals surface area contributed by atoms with Crippen LogP contribution >= 0.6 is 0 Å². The van der Waals surface area contributed by atoms with Crippen LogP contribution in [0.15, 0.2) is 110 Å².